The summed E-state index contributed by atoms with van der Waals surface area (Å²) in [4.78, 5) is 42.9. The topological polar surface area (TPSA) is 183 Å². The number of benzene rings is 1. The molecule has 5 N–H and O–H groups in total. The number of nitrogen functional groups attached to an aromatic ring is 1. The second-order valence-corrected chi connectivity index (χ2v) is 8.14. The Morgan fingerprint density at radius 3 is 1.97 bits per heavy atom. The summed E-state index contributed by atoms with van der Waals surface area (Å²) in [7, 11) is 0. The van der Waals surface area contributed by atoms with Gasteiger partial charge in [0, 0.05) is 31.4 Å². The molecule has 11 nitrogen and oxygen atoms in total. The highest BCUT2D eigenvalue weighted by Crippen LogP contribution is 2.21. The predicted molar refractivity (Wildman–Crippen MR) is 132 cm³/mol. The molecule has 0 spiro atoms. The molecule has 0 radical (unpaired) electrons. The average Bonchev–Trinajstić information content (AvgIpc) is 2.78. The van der Waals surface area contributed by atoms with E-state index in [1.807, 2.05) is 27.7 Å². The van der Waals surface area contributed by atoms with Crippen LogP contribution in [0.3, 0.4) is 0 Å². The first kappa shape index (κ1) is 32.7. The van der Waals surface area contributed by atoms with Gasteiger partial charge < -0.3 is 35.3 Å². The molecule has 1 aromatic rings. The number of aromatic hydroxyl groups is 1. The van der Waals surface area contributed by atoms with Crippen LogP contribution in [0, 0.1) is 0 Å². The van der Waals surface area contributed by atoms with Gasteiger partial charge in [0.05, 0.1) is 12.7 Å². The lowest BCUT2D eigenvalue weighted by atomic mass is 10.0. The van der Waals surface area contributed by atoms with Gasteiger partial charge in [-0.05, 0) is 44.4 Å². The summed E-state index contributed by atoms with van der Waals surface area (Å²) < 4.78 is 16.2. The molecule has 1 unspecified atom stereocenters. The Labute approximate surface area is 211 Å². The van der Waals surface area contributed by atoms with Crippen LogP contribution in [0.5, 0.6) is 5.75 Å². The van der Waals surface area contributed by atoms with Gasteiger partial charge in [-0.2, -0.15) is 0 Å². The lowest BCUT2D eigenvalue weighted by Gasteiger charge is -2.33. The summed E-state index contributed by atoms with van der Waals surface area (Å²) in [5.41, 5.74) is 5.43. The van der Waals surface area contributed by atoms with E-state index in [1.54, 1.807) is 0 Å². The fraction of sp³-hybridized carbons (Fsp3) is 0.600. The molecule has 1 saturated heterocycles. The first-order chi connectivity index (χ1) is 16.9. The van der Waals surface area contributed by atoms with Crippen molar-refractivity contribution in [2.45, 2.75) is 91.0 Å². The molecule has 1 aliphatic heterocycles. The third-order valence-electron chi connectivity index (χ3n) is 4.77. The molecule has 0 bridgehead atoms. The van der Waals surface area contributed by atoms with Gasteiger partial charge in [-0.3, -0.25) is 14.4 Å². The third kappa shape index (κ3) is 14.1. The fourth-order valence-electron chi connectivity index (χ4n) is 2.93. The number of rotatable bonds is 9. The van der Waals surface area contributed by atoms with Crippen molar-refractivity contribution in [1.29, 1.82) is 0 Å². The van der Waals surface area contributed by atoms with Crippen molar-refractivity contribution in [2.24, 2.45) is 0 Å². The molecule has 3 atom stereocenters. The summed E-state index contributed by atoms with van der Waals surface area (Å²) in [5, 5.41) is 25.4. The number of carboxylic acids is 2. The van der Waals surface area contributed by atoms with Gasteiger partial charge >= 0.3 is 23.9 Å². The van der Waals surface area contributed by atoms with Crippen molar-refractivity contribution in [3.8, 4) is 5.75 Å². The van der Waals surface area contributed by atoms with Gasteiger partial charge in [-0.15, -0.1) is 0 Å². The summed E-state index contributed by atoms with van der Waals surface area (Å²) >= 11 is 0. The highest BCUT2D eigenvalue weighted by atomic mass is 16.6. The zero-order chi connectivity index (χ0) is 27.7. The van der Waals surface area contributed by atoms with E-state index in [9.17, 15) is 19.2 Å². The van der Waals surface area contributed by atoms with Crippen LogP contribution in [-0.2, 0) is 28.6 Å². The van der Waals surface area contributed by atoms with Crippen LogP contribution in [0.2, 0.25) is 0 Å². The van der Waals surface area contributed by atoms with Crippen LogP contribution in [-0.4, -0.2) is 64.1 Å². The molecular weight excluding hydrogens is 474 g/mol. The minimum absolute atomic E-state index is 0.151. The number of carbonyl (C=O) groups is 4. The SMILES string of the molecule is CCCC(=O)O.CCCC(=O)OC1C[C@@H](OC(=O)CCC)CO[C@H]1C.Nc1ccc(O)c(C(=O)O)c1. The van der Waals surface area contributed by atoms with Crippen LogP contribution >= 0.6 is 0 Å². The maximum Gasteiger partial charge on any atom is 0.339 e. The predicted octanol–water partition coefficient (Wildman–Crippen LogP) is 3.76. The number of hydrogen-bond acceptors (Lipinski definition) is 9. The van der Waals surface area contributed by atoms with E-state index >= 15 is 0 Å². The summed E-state index contributed by atoms with van der Waals surface area (Å²) in [5.74, 6) is -2.60. The van der Waals surface area contributed by atoms with Crippen molar-refractivity contribution in [2.75, 3.05) is 12.3 Å². The number of ether oxygens (including phenoxy) is 3. The smallest absolute Gasteiger partial charge is 0.339 e. The molecule has 1 aromatic carbocycles. The number of hydrogen-bond donors (Lipinski definition) is 4. The van der Waals surface area contributed by atoms with Crippen LogP contribution in [0.1, 0.15) is 83.0 Å². The van der Waals surface area contributed by atoms with Crippen molar-refractivity contribution >= 4 is 29.6 Å². The molecule has 1 fully saturated rings. The highest BCUT2D eigenvalue weighted by molar-refractivity contribution is 5.91. The number of esters is 2. The molecule has 0 amide bonds. The number of nitrogens with two attached hydrogens (primary N) is 1. The first-order valence-electron chi connectivity index (χ1n) is 12.0. The van der Waals surface area contributed by atoms with Gasteiger partial charge in [0.1, 0.15) is 23.5 Å². The van der Waals surface area contributed by atoms with Gasteiger partial charge in [-0.1, -0.05) is 20.8 Å². The van der Waals surface area contributed by atoms with E-state index in [0.717, 1.165) is 19.3 Å². The van der Waals surface area contributed by atoms with E-state index in [0.29, 0.717) is 38.0 Å². The van der Waals surface area contributed by atoms with Crippen LogP contribution in [0.15, 0.2) is 18.2 Å². The zero-order valence-corrected chi connectivity index (χ0v) is 21.4. The number of aromatic carboxylic acids is 1. The van der Waals surface area contributed by atoms with Crippen LogP contribution in [0.25, 0.3) is 0 Å². The van der Waals surface area contributed by atoms with Crippen molar-refractivity contribution in [3.63, 3.8) is 0 Å². The van der Waals surface area contributed by atoms with Gasteiger partial charge in [0.2, 0.25) is 0 Å². The second kappa shape index (κ2) is 18.0. The maximum atomic E-state index is 11.5. The molecule has 0 aliphatic carbocycles. The van der Waals surface area contributed by atoms with E-state index < -0.39 is 11.9 Å². The summed E-state index contributed by atoms with van der Waals surface area (Å²) in [6, 6.07) is 3.89. The Morgan fingerprint density at radius 1 is 0.972 bits per heavy atom. The average molecular weight is 514 g/mol. The summed E-state index contributed by atoms with van der Waals surface area (Å²) in [6.45, 7) is 7.94. The molecular formula is C25H39NO10. The quantitative estimate of drug-likeness (QED) is 0.214. The Balaban J connectivity index is 0.000000604. The molecule has 0 aromatic heterocycles. The molecule has 11 heteroatoms. The number of phenols is 1. The lowest BCUT2D eigenvalue weighted by Crippen LogP contribution is -2.43. The number of aliphatic carboxylic acids is 1. The van der Waals surface area contributed by atoms with Crippen LogP contribution in [0.4, 0.5) is 5.69 Å². The number of carboxylic acid groups (broad SMARTS) is 2. The van der Waals surface area contributed by atoms with E-state index in [2.05, 4.69) is 0 Å². The monoisotopic (exact) mass is 513 g/mol. The zero-order valence-electron chi connectivity index (χ0n) is 21.4. The normalized spacial score (nSPS) is 18.4. The summed E-state index contributed by atoms with van der Waals surface area (Å²) in [6.07, 6.45) is 3.09. The highest BCUT2D eigenvalue weighted by Gasteiger charge is 2.33. The van der Waals surface area contributed by atoms with E-state index in [-0.39, 0.29) is 41.6 Å². The van der Waals surface area contributed by atoms with Gasteiger partial charge in [0.15, 0.2) is 0 Å². The van der Waals surface area contributed by atoms with Crippen molar-refractivity contribution in [3.05, 3.63) is 23.8 Å². The minimum atomic E-state index is -1.19. The van der Waals surface area contributed by atoms with E-state index in [1.165, 1.54) is 18.2 Å². The Morgan fingerprint density at radius 2 is 1.53 bits per heavy atom. The van der Waals surface area contributed by atoms with Gasteiger partial charge in [-0.25, -0.2) is 4.79 Å². The first-order valence-corrected chi connectivity index (χ1v) is 12.0. The largest absolute Gasteiger partial charge is 0.507 e. The van der Waals surface area contributed by atoms with Crippen molar-refractivity contribution in [1.82, 2.24) is 0 Å². The van der Waals surface area contributed by atoms with Crippen molar-refractivity contribution < 1.29 is 48.7 Å². The molecule has 0 saturated carbocycles. The fourth-order valence-corrected chi connectivity index (χ4v) is 2.93. The van der Waals surface area contributed by atoms with E-state index in [4.69, 9.17) is 35.3 Å². The standard InChI is InChI=1S/C14H24O5.C7H7NO3.C4H8O2/c1-4-6-13(15)18-11-8-12(10(3)17-9-11)19-14(16)7-5-2;8-4-1-2-6(9)5(3-4)7(10)11;1-2-3-4(5)6/h10-12H,4-9H2,1-3H3;1-3,9H,8H2,(H,10,11);2-3H2,1H3,(H,5,6)/t10-,11+,12?;;/m0../s1. The molecule has 36 heavy (non-hydrogen) atoms. The maximum absolute atomic E-state index is 11.5. The Kier molecular flexibility index (Phi) is 16.3. The number of anilines is 1. The minimum Gasteiger partial charge on any atom is -0.507 e. The second-order valence-electron chi connectivity index (χ2n) is 8.14. The number of carbonyl (C=O) groups excluding carboxylic acids is 2. The molecule has 2 rings (SSSR count). The van der Waals surface area contributed by atoms with Gasteiger partial charge in [0.25, 0.3) is 0 Å². The molecule has 1 aliphatic rings. The third-order valence-corrected chi connectivity index (χ3v) is 4.77. The Bertz CT molecular complexity index is 842. The Hall–Kier alpha value is -3.34. The van der Waals surface area contributed by atoms with Crippen LogP contribution < -0.4 is 5.73 Å². The molecule has 1 heterocycles. The molecule has 204 valence electrons. The lowest BCUT2D eigenvalue weighted by molar-refractivity contribution is -0.182.